The van der Waals surface area contributed by atoms with Crippen LogP contribution in [-0.4, -0.2) is 19.0 Å². The summed E-state index contributed by atoms with van der Waals surface area (Å²) in [5.41, 5.74) is 0.959. The lowest BCUT2D eigenvalue weighted by atomic mass is 9.82. The van der Waals surface area contributed by atoms with Crippen LogP contribution in [0, 0.1) is 18.2 Å². The Bertz CT molecular complexity index is 498. The molecule has 104 valence electrons. The van der Waals surface area contributed by atoms with Crippen LogP contribution in [0.3, 0.4) is 0 Å². The maximum atomic E-state index is 13.5. The van der Waals surface area contributed by atoms with Crippen LogP contribution in [0.2, 0.25) is 0 Å². The molecule has 1 atom stereocenters. The third kappa shape index (κ3) is 3.15. The van der Waals surface area contributed by atoms with Gasteiger partial charge >= 0.3 is 0 Å². The average molecular weight is 329 g/mol. The highest BCUT2D eigenvalue weighted by Gasteiger charge is 2.34. The van der Waals surface area contributed by atoms with E-state index in [0.29, 0.717) is 16.7 Å². The molecule has 0 bridgehead atoms. The van der Waals surface area contributed by atoms with Crippen molar-refractivity contribution in [2.75, 3.05) is 18.4 Å². The number of piperidine rings is 1. The van der Waals surface area contributed by atoms with Crippen LogP contribution in [0.4, 0.5) is 10.1 Å². The van der Waals surface area contributed by atoms with Crippen LogP contribution >= 0.6 is 15.9 Å². The Morgan fingerprint density at radius 2 is 2.26 bits per heavy atom. The molecule has 19 heavy (non-hydrogen) atoms. The molecule has 1 amide bonds. The van der Waals surface area contributed by atoms with Gasteiger partial charge in [0.25, 0.3) is 0 Å². The number of amides is 1. The van der Waals surface area contributed by atoms with Crippen molar-refractivity contribution in [1.82, 2.24) is 5.32 Å². The van der Waals surface area contributed by atoms with Crippen molar-refractivity contribution in [2.24, 2.45) is 5.41 Å². The SMILES string of the molecule is Cc1cc(Br)c(F)cc1NC(=O)C1(C)CCCNC1. The Kier molecular flexibility index (Phi) is 4.26. The van der Waals surface area contributed by atoms with Gasteiger partial charge in [0.15, 0.2) is 0 Å². The predicted octanol–water partition coefficient (Wildman–Crippen LogP) is 3.22. The summed E-state index contributed by atoms with van der Waals surface area (Å²) in [6.07, 6.45) is 1.83. The number of carbonyl (C=O) groups excluding carboxylic acids is 1. The van der Waals surface area contributed by atoms with Gasteiger partial charge < -0.3 is 10.6 Å². The second kappa shape index (κ2) is 5.59. The van der Waals surface area contributed by atoms with E-state index in [1.165, 1.54) is 6.07 Å². The lowest BCUT2D eigenvalue weighted by Crippen LogP contribution is -2.46. The van der Waals surface area contributed by atoms with E-state index in [9.17, 15) is 9.18 Å². The molecule has 1 aromatic rings. The Morgan fingerprint density at radius 1 is 1.53 bits per heavy atom. The molecule has 1 aliphatic rings. The van der Waals surface area contributed by atoms with Gasteiger partial charge in [0.05, 0.1) is 9.89 Å². The number of benzene rings is 1. The molecule has 5 heteroatoms. The number of halogens is 2. The standard InChI is InChI=1S/C14H18BrFN2O/c1-9-6-10(15)11(16)7-12(9)18-13(19)14(2)4-3-5-17-8-14/h6-7,17H,3-5,8H2,1-2H3,(H,18,19). The van der Waals surface area contributed by atoms with Crippen molar-refractivity contribution in [2.45, 2.75) is 26.7 Å². The van der Waals surface area contributed by atoms with Gasteiger partial charge in [-0.05, 0) is 66.9 Å². The van der Waals surface area contributed by atoms with Crippen molar-refractivity contribution in [1.29, 1.82) is 0 Å². The fraction of sp³-hybridized carbons (Fsp3) is 0.500. The first kappa shape index (κ1) is 14.5. The van der Waals surface area contributed by atoms with Crippen LogP contribution in [0.15, 0.2) is 16.6 Å². The predicted molar refractivity (Wildman–Crippen MR) is 77.7 cm³/mol. The molecule has 1 aliphatic heterocycles. The zero-order chi connectivity index (χ0) is 14.0. The van der Waals surface area contributed by atoms with Gasteiger partial charge in [0, 0.05) is 12.2 Å². The molecule has 0 saturated carbocycles. The second-order valence-electron chi connectivity index (χ2n) is 5.38. The van der Waals surface area contributed by atoms with Crippen molar-refractivity contribution in [3.63, 3.8) is 0 Å². The highest BCUT2D eigenvalue weighted by atomic mass is 79.9. The van der Waals surface area contributed by atoms with E-state index in [2.05, 4.69) is 26.6 Å². The molecule has 1 saturated heterocycles. The fourth-order valence-corrected chi connectivity index (χ4v) is 2.76. The zero-order valence-corrected chi connectivity index (χ0v) is 12.7. The molecular weight excluding hydrogens is 311 g/mol. The van der Waals surface area contributed by atoms with Gasteiger partial charge in [-0.2, -0.15) is 0 Å². The van der Waals surface area contributed by atoms with E-state index in [-0.39, 0.29) is 11.7 Å². The van der Waals surface area contributed by atoms with Gasteiger partial charge in [-0.15, -0.1) is 0 Å². The molecule has 0 radical (unpaired) electrons. The van der Waals surface area contributed by atoms with E-state index >= 15 is 0 Å². The van der Waals surface area contributed by atoms with Crippen molar-refractivity contribution >= 4 is 27.5 Å². The molecule has 0 aromatic heterocycles. The fourth-order valence-electron chi connectivity index (χ4n) is 2.30. The molecule has 1 unspecified atom stereocenters. The number of hydrogen-bond donors (Lipinski definition) is 2. The topological polar surface area (TPSA) is 41.1 Å². The Morgan fingerprint density at radius 3 is 2.89 bits per heavy atom. The van der Waals surface area contributed by atoms with Crippen molar-refractivity contribution < 1.29 is 9.18 Å². The summed E-state index contributed by atoms with van der Waals surface area (Å²) in [7, 11) is 0. The number of anilines is 1. The summed E-state index contributed by atoms with van der Waals surface area (Å²) in [4.78, 5) is 12.4. The third-order valence-electron chi connectivity index (χ3n) is 3.66. The normalized spacial score (nSPS) is 23.2. The van der Waals surface area contributed by atoms with Gasteiger partial charge in [-0.1, -0.05) is 0 Å². The van der Waals surface area contributed by atoms with Gasteiger partial charge in [0.1, 0.15) is 5.82 Å². The monoisotopic (exact) mass is 328 g/mol. The molecule has 0 spiro atoms. The molecule has 1 fully saturated rings. The largest absolute Gasteiger partial charge is 0.325 e. The molecule has 3 nitrogen and oxygen atoms in total. The van der Waals surface area contributed by atoms with Crippen molar-refractivity contribution in [3.05, 3.63) is 28.0 Å². The molecule has 1 heterocycles. The summed E-state index contributed by atoms with van der Waals surface area (Å²) in [5, 5.41) is 6.08. The summed E-state index contributed by atoms with van der Waals surface area (Å²) < 4.78 is 13.9. The minimum absolute atomic E-state index is 0.0514. The Hall–Kier alpha value is -0.940. The van der Waals surface area contributed by atoms with Crippen LogP contribution in [-0.2, 0) is 4.79 Å². The van der Waals surface area contributed by atoms with E-state index in [0.717, 1.165) is 24.9 Å². The second-order valence-corrected chi connectivity index (χ2v) is 6.23. The minimum Gasteiger partial charge on any atom is -0.325 e. The van der Waals surface area contributed by atoms with Crippen LogP contribution in [0.1, 0.15) is 25.3 Å². The molecule has 2 N–H and O–H groups in total. The van der Waals surface area contributed by atoms with Gasteiger partial charge in [-0.25, -0.2) is 4.39 Å². The van der Waals surface area contributed by atoms with E-state index in [1.54, 1.807) is 6.07 Å². The molecule has 2 rings (SSSR count). The zero-order valence-electron chi connectivity index (χ0n) is 11.1. The van der Waals surface area contributed by atoms with E-state index < -0.39 is 5.41 Å². The quantitative estimate of drug-likeness (QED) is 0.875. The number of rotatable bonds is 2. The number of carbonyl (C=O) groups is 1. The maximum Gasteiger partial charge on any atom is 0.231 e. The third-order valence-corrected chi connectivity index (χ3v) is 4.27. The number of aryl methyl sites for hydroxylation is 1. The lowest BCUT2D eigenvalue weighted by molar-refractivity contribution is -0.125. The number of nitrogens with one attached hydrogen (secondary N) is 2. The smallest absolute Gasteiger partial charge is 0.231 e. The van der Waals surface area contributed by atoms with Crippen LogP contribution < -0.4 is 10.6 Å². The maximum absolute atomic E-state index is 13.5. The molecule has 0 aliphatic carbocycles. The van der Waals surface area contributed by atoms with Gasteiger partial charge in [-0.3, -0.25) is 4.79 Å². The lowest BCUT2D eigenvalue weighted by Gasteiger charge is -2.32. The Balaban J connectivity index is 2.16. The molecule has 1 aromatic carbocycles. The summed E-state index contributed by atoms with van der Waals surface area (Å²) in [5.74, 6) is -0.419. The average Bonchev–Trinajstić information content (AvgIpc) is 2.36. The van der Waals surface area contributed by atoms with E-state index in [4.69, 9.17) is 0 Å². The van der Waals surface area contributed by atoms with E-state index in [1.807, 2.05) is 13.8 Å². The van der Waals surface area contributed by atoms with Crippen molar-refractivity contribution in [3.8, 4) is 0 Å². The van der Waals surface area contributed by atoms with Gasteiger partial charge in [0.2, 0.25) is 5.91 Å². The highest BCUT2D eigenvalue weighted by Crippen LogP contribution is 2.29. The first-order chi connectivity index (χ1) is 8.92. The number of hydrogen-bond acceptors (Lipinski definition) is 2. The minimum atomic E-state index is -0.422. The summed E-state index contributed by atoms with van der Waals surface area (Å²) in [6, 6.07) is 3.03. The summed E-state index contributed by atoms with van der Waals surface area (Å²) in [6.45, 7) is 5.41. The summed E-state index contributed by atoms with van der Waals surface area (Å²) >= 11 is 3.14. The molecular formula is C14H18BrFN2O. The van der Waals surface area contributed by atoms with Crippen LogP contribution in [0.5, 0.6) is 0 Å². The first-order valence-electron chi connectivity index (χ1n) is 6.40. The first-order valence-corrected chi connectivity index (χ1v) is 7.19. The van der Waals surface area contributed by atoms with Crippen LogP contribution in [0.25, 0.3) is 0 Å². The Labute approximate surface area is 121 Å². The highest BCUT2D eigenvalue weighted by molar-refractivity contribution is 9.10.